The maximum Gasteiger partial charge on any atom is 0.306 e. The molecule has 2 aliphatic heterocycles. The van der Waals surface area contributed by atoms with E-state index in [0.717, 1.165) is 32.1 Å². The van der Waals surface area contributed by atoms with E-state index in [0.29, 0.717) is 57.1 Å². The van der Waals surface area contributed by atoms with E-state index in [-0.39, 0.29) is 55.9 Å². The molecule has 0 aromatic carbocycles. The number of allylic oxidation sites excluding steroid dienone is 1. The Kier molecular flexibility index (Phi) is 42.4. The quantitative estimate of drug-likeness (QED) is 0.0845. The first-order valence-corrected chi connectivity index (χ1v) is 35.6. The van der Waals surface area contributed by atoms with Gasteiger partial charge < -0.3 is 112 Å². The van der Waals surface area contributed by atoms with Gasteiger partial charge in [-0.05, 0) is 114 Å². The van der Waals surface area contributed by atoms with Crippen LogP contribution in [0.25, 0.3) is 0 Å². The number of esters is 1. The highest BCUT2D eigenvalue weighted by Crippen LogP contribution is 2.33. The summed E-state index contributed by atoms with van der Waals surface area (Å²) in [5.74, 6) is -6.35. The van der Waals surface area contributed by atoms with Gasteiger partial charge in [0.05, 0.1) is 92.1 Å². The molecule has 95 heavy (non-hydrogen) atoms. The van der Waals surface area contributed by atoms with Crippen LogP contribution in [0.2, 0.25) is 0 Å². The highest BCUT2D eigenvalue weighted by atomic mass is 16.7. The maximum atomic E-state index is 13.5. The van der Waals surface area contributed by atoms with Crippen molar-refractivity contribution in [3.05, 3.63) is 47.6 Å². The van der Waals surface area contributed by atoms with Gasteiger partial charge in [-0.2, -0.15) is 0 Å². The van der Waals surface area contributed by atoms with E-state index < -0.39 is 188 Å². The number of nitrogens with two attached hydrogens (primary N) is 1. The number of rotatable bonds is 10. The number of carbonyl (C=O) groups is 1. The molecule has 1 saturated heterocycles. The third-order valence-electron chi connectivity index (χ3n) is 20.8. The van der Waals surface area contributed by atoms with Crippen molar-refractivity contribution >= 4 is 5.97 Å². The molecule has 0 bridgehead atoms. The molecule has 0 saturated carbocycles. The second kappa shape index (κ2) is 45.5. The second-order valence-electron chi connectivity index (χ2n) is 29.0. The van der Waals surface area contributed by atoms with Gasteiger partial charge in [-0.1, -0.05) is 138 Å². The van der Waals surface area contributed by atoms with Gasteiger partial charge >= 0.3 is 5.97 Å². The highest BCUT2D eigenvalue weighted by molar-refractivity contribution is 5.69. The minimum atomic E-state index is -1.87. The van der Waals surface area contributed by atoms with Gasteiger partial charge in [0.25, 0.3) is 0 Å². The fourth-order valence-electron chi connectivity index (χ4n) is 13.2. The number of ether oxygens (including phenoxy) is 3. The van der Waals surface area contributed by atoms with E-state index >= 15 is 0 Å². The fourth-order valence-corrected chi connectivity index (χ4v) is 13.2. The van der Waals surface area contributed by atoms with Gasteiger partial charge in [0.2, 0.25) is 0 Å². The van der Waals surface area contributed by atoms with Crippen LogP contribution in [-0.4, -0.2) is 239 Å². The number of aliphatic hydroxyl groups excluding tert-OH is 18. The van der Waals surface area contributed by atoms with Crippen LogP contribution < -0.4 is 5.73 Å². The predicted octanol–water partition coefficient (Wildman–Crippen LogP) is 3.50. The Labute approximate surface area is 567 Å². The van der Waals surface area contributed by atoms with Gasteiger partial charge in [0, 0.05) is 60.2 Å². The van der Waals surface area contributed by atoms with Gasteiger partial charge in [0.1, 0.15) is 36.6 Å². The third kappa shape index (κ3) is 30.4. The Morgan fingerprint density at radius 1 is 0.516 bits per heavy atom. The normalized spacial score (nSPS) is 44.3. The Bertz CT molecular complexity index is 2190. The largest absolute Gasteiger partial charge is 0.462 e. The molecule has 20 N–H and O–H groups in total. The molecule has 0 spiro atoms. The zero-order valence-corrected chi connectivity index (χ0v) is 59.3. The summed E-state index contributed by atoms with van der Waals surface area (Å²) in [5, 5.41) is 200. The SMILES string of the molecule is C/C1=C/C(C)C(O)/C(C)=C\C(O[C@H]2O[C@H](CO)[C@@H](O)[C@H](O)[C@@H]2O)C(O)C(C)C(O)CC(O)/C=C\C(C)C(O)C(C)CCC(O)CC(O)C(C)C(O)C(C)C(O)CC(O)CC(O)C(C)C(C(C)CCCCCCN)OC(=O)CCCCCC(O)C(C)C(O)CC/C=C\C(C)C1O. The van der Waals surface area contributed by atoms with Crippen molar-refractivity contribution in [2.45, 2.75) is 327 Å². The zero-order valence-electron chi connectivity index (χ0n) is 59.3. The summed E-state index contributed by atoms with van der Waals surface area (Å²) >= 11 is 0. The summed E-state index contributed by atoms with van der Waals surface area (Å²) in [4.78, 5) is 13.5. The van der Waals surface area contributed by atoms with Crippen LogP contribution in [0.5, 0.6) is 0 Å². The lowest BCUT2D eigenvalue weighted by Gasteiger charge is -2.41. The molecule has 1 fully saturated rings. The molecule has 2 heterocycles. The summed E-state index contributed by atoms with van der Waals surface area (Å²) in [6.07, 6.45) is -10.2. The molecule has 0 amide bonds. The van der Waals surface area contributed by atoms with Crippen LogP contribution in [0.1, 0.15) is 199 Å². The van der Waals surface area contributed by atoms with Gasteiger partial charge in [-0.15, -0.1) is 0 Å². The van der Waals surface area contributed by atoms with Crippen LogP contribution in [0.15, 0.2) is 47.6 Å². The van der Waals surface area contributed by atoms with Crippen LogP contribution in [0.4, 0.5) is 0 Å². The molecule has 31 atom stereocenters. The van der Waals surface area contributed by atoms with Crippen molar-refractivity contribution < 1.29 is 111 Å². The van der Waals surface area contributed by atoms with Crippen LogP contribution in [0, 0.1) is 59.2 Å². The predicted molar refractivity (Wildman–Crippen MR) is 362 cm³/mol. The zero-order chi connectivity index (χ0) is 72.1. The Balaban J connectivity index is 2.44. The molecule has 23 heteroatoms. The van der Waals surface area contributed by atoms with Gasteiger partial charge in [-0.25, -0.2) is 0 Å². The standard InChI is InChI=1S/C72H133NO22/c1-39-22-19-20-25-55(79)46(8)54(78)24-17-15-18-26-62(84)95-71(42(4)23-16-13-14-21-31-73)50(12)59(83)37-53(77)36-58(82)48(10)66(88)47(9)56(80)34-51(75)29-27-40(2)63(85)41(3)28-30-52(76)35-57(81)49(11)67(89)60(33-45(7)65(87)44(6)32-43(5)64(39)86)93-72-70(92)69(91)68(90)61(38-74)94-72/h19,22,28,30,32-33,39-42,44,46-61,63-72,74-83,85-92H,13-18,20-21,23-27,29,31,34-38,73H2,1-12H3/b22-19-,30-28-,43-32-,45-33-/t39?,40?,41?,42?,44?,46?,47?,48?,49?,50?,51?,52?,53?,54?,55?,56?,57?,58?,59?,60?,61-,63?,64?,65?,66?,67?,68-,69+,70+,71?,72+/m1/s1. The van der Waals surface area contributed by atoms with E-state index in [1.165, 1.54) is 19.1 Å². The molecule has 2 rings (SSSR count). The molecule has 0 aromatic rings. The molecule has 0 aromatic heterocycles. The van der Waals surface area contributed by atoms with Gasteiger partial charge in [0.15, 0.2) is 6.29 Å². The summed E-state index contributed by atoms with van der Waals surface area (Å²) in [6, 6.07) is 0. The van der Waals surface area contributed by atoms with E-state index in [1.807, 2.05) is 26.0 Å². The second-order valence-corrected chi connectivity index (χ2v) is 29.0. The Morgan fingerprint density at radius 2 is 1.06 bits per heavy atom. The maximum absolute atomic E-state index is 13.5. The summed E-state index contributed by atoms with van der Waals surface area (Å²) in [5.41, 5.74) is 6.49. The van der Waals surface area contributed by atoms with E-state index in [1.54, 1.807) is 74.5 Å². The van der Waals surface area contributed by atoms with E-state index in [9.17, 15) is 96.7 Å². The number of hydrogen-bond donors (Lipinski definition) is 19. The molecule has 0 aliphatic carbocycles. The Hall–Kier alpha value is -2.41. The number of carbonyl (C=O) groups excluding carboxylic acids is 1. The van der Waals surface area contributed by atoms with Crippen LogP contribution >= 0.6 is 0 Å². The average Bonchev–Trinajstić information content (AvgIpc) is 0.820. The molecule has 23 nitrogen and oxygen atoms in total. The third-order valence-corrected chi connectivity index (χ3v) is 20.8. The van der Waals surface area contributed by atoms with Crippen molar-refractivity contribution in [1.82, 2.24) is 0 Å². The lowest BCUT2D eigenvalue weighted by Crippen LogP contribution is -2.60. The summed E-state index contributed by atoms with van der Waals surface area (Å²) in [7, 11) is 0. The smallest absolute Gasteiger partial charge is 0.306 e. The summed E-state index contributed by atoms with van der Waals surface area (Å²) < 4.78 is 17.8. The lowest BCUT2D eigenvalue weighted by molar-refractivity contribution is -0.314. The first kappa shape index (κ1) is 88.7. The molecular formula is C72H133NO22. The first-order valence-electron chi connectivity index (χ1n) is 35.6. The van der Waals surface area contributed by atoms with Crippen molar-refractivity contribution in [1.29, 1.82) is 0 Å². The van der Waals surface area contributed by atoms with Crippen LogP contribution in [0.3, 0.4) is 0 Å². The first-order chi connectivity index (χ1) is 44.5. The summed E-state index contributed by atoms with van der Waals surface area (Å²) in [6.45, 7) is 20.3. The minimum absolute atomic E-state index is 0.104. The molecule has 2 aliphatic rings. The van der Waals surface area contributed by atoms with Crippen molar-refractivity contribution in [2.75, 3.05) is 13.2 Å². The minimum Gasteiger partial charge on any atom is -0.462 e. The van der Waals surface area contributed by atoms with Gasteiger partial charge in [-0.3, -0.25) is 4.79 Å². The number of cyclic esters (lactones) is 1. The number of unbranched alkanes of at least 4 members (excludes halogenated alkanes) is 3. The highest BCUT2D eigenvalue weighted by Gasteiger charge is 2.46. The van der Waals surface area contributed by atoms with E-state index in [4.69, 9.17) is 19.9 Å². The average molecular weight is 1360 g/mol. The molecule has 26 unspecified atom stereocenters. The van der Waals surface area contributed by atoms with Crippen molar-refractivity contribution in [3.63, 3.8) is 0 Å². The number of aliphatic hydroxyl groups is 18. The van der Waals surface area contributed by atoms with Crippen molar-refractivity contribution in [3.8, 4) is 0 Å². The van der Waals surface area contributed by atoms with Crippen LogP contribution in [-0.2, 0) is 19.0 Å². The topological polar surface area (TPSA) is 435 Å². The molecule has 558 valence electrons. The molecular weight excluding hydrogens is 1230 g/mol. The Morgan fingerprint density at radius 3 is 1.67 bits per heavy atom. The van der Waals surface area contributed by atoms with Crippen molar-refractivity contribution in [2.24, 2.45) is 64.9 Å². The number of hydrogen-bond acceptors (Lipinski definition) is 23. The van der Waals surface area contributed by atoms with E-state index in [2.05, 4.69) is 0 Å². The monoisotopic (exact) mass is 1360 g/mol. The fraction of sp³-hybridized carbons (Fsp3) is 0.875. The molecule has 0 radical (unpaired) electrons. The lowest BCUT2D eigenvalue weighted by atomic mass is 9.81.